The SMILES string of the molecule is CC(=O)c1cccc(OCC(=O)Nc2nc3ccc(Cl)cc3s2)c1. The third-order valence-corrected chi connectivity index (χ3v) is 4.38. The van der Waals surface area contributed by atoms with Gasteiger partial charge in [-0.25, -0.2) is 4.98 Å². The van der Waals surface area contributed by atoms with Crippen LogP contribution in [0.25, 0.3) is 10.2 Å². The zero-order valence-corrected chi connectivity index (χ0v) is 14.3. The average molecular weight is 361 g/mol. The molecule has 0 spiro atoms. The molecule has 1 amide bonds. The van der Waals surface area contributed by atoms with Gasteiger partial charge in [-0.1, -0.05) is 35.1 Å². The van der Waals surface area contributed by atoms with Crippen molar-refractivity contribution < 1.29 is 14.3 Å². The van der Waals surface area contributed by atoms with E-state index in [1.807, 2.05) is 0 Å². The Labute approximate surface area is 147 Å². The van der Waals surface area contributed by atoms with Crippen molar-refractivity contribution >= 4 is 50.0 Å². The van der Waals surface area contributed by atoms with Crippen LogP contribution in [-0.2, 0) is 4.79 Å². The minimum atomic E-state index is -0.326. The number of carbonyl (C=O) groups excluding carboxylic acids is 2. The van der Waals surface area contributed by atoms with Crippen LogP contribution in [0.1, 0.15) is 17.3 Å². The maximum absolute atomic E-state index is 12.0. The molecular weight excluding hydrogens is 348 g/mol. The molecule has 0 unspecified atom stereocenters. The van der Waals surface area contributed by atoms with Gasteiger partial charge in [0.05, 0.1) is 10.2 Å². The van der Waals surface area contributed by atoms with Crippen LogP contribution in [-0.4, -0.2) is 23.3 Å². The second-order valence-electron chi connectivity index (χ2n) is 5.05. The van der Waals surface area contributed by atoms with Gasteiger partial charge in [0.25, 0.3) is 5.91 Å². The molecule has 2 aromatic carbocycles. The van der Waals surface area contributed by atoms with E-state index in [0.717, 1.165) is 10.2 Å². The molecule has 0 aliphatic rings. The van der Waals surface area contributed by atoms with Crippen LogP contribution in [0, 0.1) is 0 Å². The summed E-state index contributed by atoms with van der Waals surface area (Å²) >= 11 is 7.27. The quantitative estimate of drug-likeness (QED) is 0.693. The number of ether oxygens (including phenoxy) is 1. The van der Waals surface area contributed by atoms with E-state index >= 15 is 0 Å². The maximum atomic E-state index is 12.0. The number of benzene rings is 2. The predicted molar refractivity (Wildman–Crippen MR) is 95.2 cm³/mol. The molecule has 0 aliphatic carbocycles. The Hall–Kier alpha value is -2.44. The molecule has 1 N–H and O–H groups in total. The minimum absolute atomic E-state index is 0.0574. The smallest absolute Gasteiger partial charge is 0.264 e. The lowest BCUT2D eigenvalue weighted by molar-refractivity contribution is -0.118. The summed E-state index contributed by atoms with van der Waals surface area (Å²) in [7, 11) is 0. The normalized spacial score (nSPS) is 10.6. The summed E-state index contributed by atoms with van der Waals surface area (Å²) in [4.78, 5) is 27.6. The number of Topliss-reactive ketones (excluding diaryl/α,β-unsaturated/α-hetero) is 1. The number of nitrogens with zero attached hydrogens (tertiary/aromatic N) is 1. The lowest BCUT2D eigenvalue weighted by Crippen LogP contribution is -2.20. The molecule has 1 aromatic heterocycles. The summed E-state index contributed by atoms with van der Waals surface area (Å²) in [6.07, 6.45) is 0. The predicted octanol–water partition coefficient (Wildman–Crippen LogP) is 4.17. The van der Waals surface area contributed by atoms with Gasteiger partial charge in [0.15, 0.2) is 17.5 Å². The molecule has 0 saturated heterocycles. The minimum Gasteiger partial charge on any atom is -0.484 e. The molecule has 1 heterocycles. The molecule has 3 aromatic rings. The van der Waals surface area contributed by atoms with Crippen LogP contribution in [0.15, 0.2) is 42.5 Å². The summed E-state index contributed by atoms with van der Waals surface area (Å²) in [6.45, 7) is 1.31. The van der Waals surface area contributed by atoms with Gasteiger partial charge in [-0.3, -0.25) is 14.9 Å². The van der Waals surface area contributed by atoms with Crippen LogP contribution >= 0.6 is 22.9 Å². The van der Waals surface area contributed by atoms with Crippen molar-refractivity contribution in [3.05, 3.63) is 53.1 Å². The standard InChI is InChI=1S/C17H13ClN2O3S/c1-10(21)11-3-2-4-13(7-11)23-9-16(22)20-17-19-14-6-5-12(18)8-15(14)24-17/h2-8H,9H2,1H3,(H,19,20,22). The van der Waals surface area contributed by atoms with Crippen molar-refractivity contribution in [3.8, 4) is 5.75 Å². The summed E-state index contributed by atoms with van der Waals surface area (Å²) in [5, 5.41) is 3.80. The highest BCUT2D eigenvalue weighted by atomic mass is 35.5. The van der Waals surface area contributed by atoms with Gasteiger partial charge in [-0.05, 0) is 37.3 Å². The lowest BCUT2D eigenvalue weighted by atomic mass is 10.1. The van der Waals surface area contributed by atoms with Gasteiger partial charge in [-0.15, -0.1) is 0 Å². The number of aromatic nitrogens is 1. The number of halogens is 1. The molecule has 3 rings (SSSR count). The van der Waals surface area contributed by atoms with E-state index in [0.29, 0.717) is 21.5 Å². The van der Waals surface area contributed by atoms with Crippen molar-refractivity contribution in [2.45, 2.75) is 6.92 Å². The van der Waals surface area contributed by atoms with Gasteiger partial charge < -0.3 is 4.74 Å². The monoisotopic (exact) mass is 360 g/mol. The van der Waals surface area contributed by atoms with E-state index in [2.05, 4.69) is 10.3 Å². The highest BCUT2D eigenvalue weighted by Crippen LogP contribution is 2.28. The van der Waals surface area contributed by atoms with E-state index < -0.39 is 0 Å². The van der Waals surface area contributed by atoms with Crippen LogP contribution in [0.4, 0.5) is 5.13 Å². The summed E-state index contributed by atoms with van der Waals surface area (Å²) in [6, 6.07) is 12.1. The van der Waals surface area contributed by atoms with E-state index in [1.54, 1.807) is 42.5 Å². The van der Waals surface area contributed by atoms with Crippen LogP contribution in [0.5, 0.6) is 5.75 Å². The van der Waals surface area contributed by atoms with E-state index in [1.165, 1.54) is 18.3 Å². The van der Waals surface area contributed by atoms with E-state index in [-0.39, 0.29) is 18.3 Å². The molecule has 122 valence electrons. The third kappa shape index (κ3) is 3.90. The Bertz CT molecular complexity index is 923. The molecule has 7 heteroatoms. The molecule has 0 bridgehead atoms. The first-order valence-electron chi connectivity index (χ1n) is 7.11. The fourth-order valence-corrected chi connectivity index (χ4v) is 3.22. The summed E-state index contributed by atoms with van der Waals surface area (Å²) < 4.78 is 6.31. The number of hydrogen-bond acceptors (Lipinski definition) is 5. The van der Waals surface area contributed by atoms with E-state index in [9.17, 15) is 9.59 Å². The van der Waals surface area contributed by atoms with Crippen molar-refractivity contribution in [2.24, 2.45) is 0 Å². The van der Waals surface area contributed by atoms with Gasteiger partial charge in [0.1, 0.15) is 5.75 Å². The number of amides is 1. The maximum Gasteiger partial charge on any atom is 0.264 e. The number of thiazole rings is 1. The molecule has 0 aliphatic heterocycles. The van der Waals surface area contributed by atoms with Gasteiger partial charge in [-0.2, -0.15) is 0 Å². The van der Waals surface area contributed by atoms with Gasteiger partial charge in [0, 0.05) is 10.6 Å². The highest BCUT2D eigenvalue weighted by Gasteiger charge is 2.09. The molecule has 5 nitrogen and oxygen atoms in total. The Morgan fingerprint density at radius 2 is 2.08 bits per heavy atom. The number of rotatable bonds is 5. The zero-order chi connectivity index (χ0) is 17.1. The van der Waals surface area contributed by atoms with Crippen molar-refractivity contribution in [3.63, 3.8) is 0 Å². The largest absolute Gasteiger partial charge is 0.484 e. The number of anilines is 1. The van der Waals surface area contributed by atoms with Crippen molar-refractivity contribution in [1.82, 2.24) is 4.98 Å². The number of carbonyl (C=O) groups is 2. The Balaban J connectivity index is 1.62. The Morgan fingerprint density at radius 3 is 2.88 bits per heavy atom. The fourth-order valence-electron chi connectivity index (χ4n) is 2.06. The number of nitrogens with one attached hydrogen (secondary N) is 1. The summed E-state index contributed by atoms with van der Waals surface area (Å²) in [5.74, 6) is 0.0837. The lowest BCUT2D eigenvalue weighted by Gasteiger charge is -2.06. The molecule has 24 heavy (non-hydrogen) atoms. The summed E-state index contributed by atoms with van der Waals surface area (Å²) in [5.41, 5.74) is 1.31. The van der Waals surface area contributed by atoms with Crippen LogP contribution in [0.2, 0.25) is 5.02 Å². The second kappa shape index (κ2) is 6.98. The van der Waals surface area contributed by atoms with Crippen molar-refractivity contribution in [1.29, 1.82) is 0 Å². The topological polar surface area (TPSA) is 68.3 Å². The number of fused-ring (bicyclic) bond motifs is 1. The average Bonchev–Trinajstić information content (AvgIpc) is 2.94. The van der Waals surface area contributed by atoms with E-state index in [4.69, 9.17) is 16.3 Å². The number of ketones is 1. The zero-order valence-electron chi connectivity index (χ0n) is 12.7. The van der Waals surface area contributed by atoms with Crippen LogP contribution in [0.3, 0.4) is 0 Å². The molecular formula is C17H13ClN2O3S. The molecule has 0 saturated carbocycles. The highest BCUT2D eigenvalue weighted by molar-refractivity contribution is 7.22. The van der Waals surface area contributed by atoms with Gasteiger partial charge >= 0.3 is 0 Å². The number of hydrogen-bond donors (Lipinski definition) is 1. The Kier molecular flexibility index (Phi) is 4.78. The Morgan fingerprint density at radius 1 is 1.25 bits per heavy atom. The first-order valence-corrected chi connectivity index (χ1v) is 8.30. The first kappa shape index (κ1) is 16.4. The third-order valence-electron chi connectivity index (χ3n) is 3.21. The van der Waals surface area contributed by atoms with Gasteiger partial charge in [0.2, 0.25) is 0 Å². The molecule has 0 radical (unpaired) electrons. The van der Waals surface area contributed by atoms with Crippen molar-refractivity contribution in [2.75, 3.05) is 11.9 Å². The molecule has 0 atom stereocenters. The first-order chi connectivity index (χ1) is 11.5. The van der Waals surface area contributed by atoms with Crippen LogP contribution < -0.4 is 10.1 Å². The fraction of sp³-hybridized carbons (Fsp3) is 0.118. The second-order valence-corrected chi connectivity index (χ2v) is 6.52. The molecule has 0 fully saturated rings.